The van der Waals surface area contributed by atoms with Crippen LogP contribution in [-0.4, -0.2) is 38.7 Å². The van der Waals surface area contributed by atoms with E-state index in [0.29, 0.717) is 12.5 Å². The van der Waals surface area contributed by atoms with Crippen molar-refractivity contribution in [2.24, 2.45) is 5.92 Å². The number of nitrogens with one attached hydrogen (secondary N) is 1. The van der Waals surface area contributed by atoms with E-state index >= 15 is 0 Å². The van der Waals surface area contributed by atoms with Gasteiger partial charge in [0.2, 0.25) is 0 Å². The number of ether oxygens (including phenoxy) is 1. The van der Waals surface area contributed by atoms with Crippen LogP contribution in [0.1, 0.15) is 13.8 Å². The fourth-order valence-electron chi connectivity index (χ4n) is 0.796. The summed E-state index contributed by atoms with van der Waals surface area (Å²) >= 11 is 0. The number of halogens is 4. The van der Waals surface area contributed by atoms with Crippen LogP contribution in [0.4, 0.5) is 17.6 Å². The Hall–Kier alpha value is -0.360. The first-order chi connectivity index (χ1) is 6.86. The van der Waals surface area contributed by atoms with E-state index in [-0.39, 0.29) is 13.2 Å². The van der Waals surface area contributed by atoms with E-state index in [2.05, 4.69) is 5.32 Å². The van der Waals surface area contributed by atoms with Crippen molar-refractivity contribution in [3.63, 3.8) is 0 Å². The topological polar surface area (TPSA) is 21.3 Å². The lowest BCUT2D eigenvalue weighted by Crippen LogP contribution is -2.40. The van der Waals surface area contributed by atoms with E-state index in [4.69, 9.17) is 4.74 Å². The second-order valence-corrected chi connectivity index (χ2v) is 3.71. The molecule has 0 aliphatic heterocycles. The minimum atomic E-state index is -3.96. The maximum Gasteiger partial charge on any atom is 0.319 e. The van der Waals surface area contributed by atoms with Gasteiger partial charge < -0.3 is 10.1 Å². The first kappa shape index (κ1) is 14.6. The van der Waals surface area contributed by atoms with Crippen LogP contribution in [0, 0.1) is 5.92 Å². The first-order valence-corrected chi connectivity index (χ1v) is 4.80. The van der Waals surface area contributed by atoms with Gasteiger partial charge in [-0.2, -0.15) is 8.78 Å². The largest absolute Gasteiger partial charge is 0.380 e. The molecule has 0 aliphatic rings. The van der Waals surface area contributed by atoms with Crippen LogP contribution in [0.2, 0.25) is 0 Å². The molecule has 0 amide bonds. The monoisotopic (exact) mass is 231 g/mol. The lowest BCUT2D eigenvalue weighted by molar-refractivity contribution is -0.125. The average Bonchev–Trinajstić information content (AvgIpc) is 2.10. The van der Waals surface area contributed by atoms with Gasteiger partial charge in [0.1, 0.15) is 0 Å². The molecule has 0 aromatic rings. The zero-order valence-corrected chi connectivity index (χ0v) is 8.90. The van der Waals surface area contributed by atoms with Crippen molar-refractivity contribution in [1.82, 2.24) is 5.32 Å². The highest BCUT2D eigenvalue weighted by atomic mass is 19.3. The minimum Gasteiger partial charge on any atom is -0.380 e. The molecule has 0 radical (unpaired) electrons. The normalized spacial score (nSPS) is 12.8. The molecule has 0 aromatic heterocycles. The Morgan fingerprint density at radius 3 is 2.33 bits per heavy atom. The van der Waals surface area contributed by atoms with Crippen molar-refractivity contribution in [2.75, 3.05) is 26.3 Å². The summed E-state index contributed by atoms with van der Waals surface area (Å²) in [6, 6.07) is 0. The Balaban J connectivity index is 3.39. The summed E-state index contributed by atoms with van der Waals surface area (Å²) in [7, 11) is 0. The fraction of sp³-hybridized carbons (Fsp3) is 1.00. The lowest BCUT2D eigenvalue weighted by atomic mass is 10.2. The van der Waals surface area contributed by atoms with Crippen molar-refractivity contribution in [2.45, 2.75) is 26.2 Å². The van der Waals surface area contributed by atoms with Crippen LogP contribution < -0.4 is 5.32 Å². The summed E-state index contributed by atoms with van der Waals surface area (Å²) in [6.45, 7) is 3.83. The Kier molecular flexibility index (Phi) is 6.84. The molecule has 0 atom stereocenters. The van der Waals surface area contributed by atoms with Crippen LogP contribution in [0.25, 0.3) is 0 Å². The van der Waals surface area contributed by atoms with Gasteiger partial charge in [0.15, 0.2) is 0 Å². The molecule has 0 saturated heterocycles. The first-order valence-electron chi connectivity index (χ1n) is 4.80. The summed E-state index contributed by atoms with van der Waals surface area (Å²) in [5.41, 5.74) is 0. The molecule has 0 aliphatic carbocycles. The SMILES string of the molecule is CC(C)COCCNCC(F)(F)C(F)F. The fourth-order valence-corrected chi connectivity index (χ4v) is 0.796. The summed E-state index contributed by atoms with van der Waals surface area (Å²) in [5, 5.41) is 2.23. The third-order valence-electron chi connectivity index (χ3n) is 1.55. The highest BCUT2D eigenvalue weighted by molar-refractivity contribution is 4.71. The Bertz CT molecular complexity index is 164. The van der Waals surface area contributed by atoms with Crippen LogP contribution in [0.5, 0.6) is 0 Å². The molecule has 0 aromatic carbocycles. The van der Waals surface area contributed by atoms with Crippen molar-refractivity contribution >= 4 is 0 Å². The number of hydrogen-bond acceptors (Lipinski definition) is 2. The quantitative estimate of drug-likeness (QED) is 0.510. The molecule has 0 saturated carbocycles. The van der Waals surface area contributed by atoms with Gasteiger partial charge in [0, 0.05) is 13.2 Å². The van der Waals surface area contributed by atoms with Gasteiger partial charge in [-0.15, -0.1) is 0 Å². The van der Waals surface area contributed by atoms with E-state index in [9.17, 15) is 17.6 Å². The Morgan fingerprint density at radius 1 is 1.27 bits per heavy atom. The van der Waals surface area contributed by atoms with Gasteiger partial charge in [0.25, 0.3) is 0 Å². The molecule has 92 valence electrons. The number of rotatable bonds is 8. The zero-order valence-electron chi connectivity index (χ0n) is 8.90. The van der Waals surface area contributed by atoms with E-state index in [0.717, 1.165) is 0 Å². The number of hydrogen-bond donors (Lipinski definition) is 1. The Morgan fingerprint density at radius 2 is 1.87 bits per heavy atom. The van der Waals surface area contributed by atoms with Crippen LogP contribution in [0.15, 0.2) is 0 Å². The van der Waals surface area contributed by atoms with E-state index in [1.807, 2.05) is 13.8 Å². The van der Waals surface area contributed by atoms with Gasteiger partial charge in [0.05, 0.1) is 13.2 Å². The second-order valence-electron chi connectivity index (χ2n) is 3.71. The maximum absolute atomic E-state index is 12.3. The average molecular weight is 231 g/mol. The summed E-state index contributed by atoms with van der Waals surface area (Å²) in [4.78, 5) is 0. The van der Waals surface area contributed by atoms with Crippen molar-refractivity contribution < 1.29 is 22.3 Å². The van der Waals surface area contributed by atoms with Crippen molar-refractivity contribution in [3.8, 4) is 0 Å². The molecule has 15 heavy (non-hydrogen) atoms. The van der Waals surface area contributed by atoms with Crippen LogP contribution in [-0.2, 0) is 4.74 Å². The third-order valence-corrected chi connectivity index (χ3v) is 1.55. The molecule has 0 heterocycles. The smallest absolute Gasteiger partial charge is 0.319 e. The molecule has 2 nitrogen and oxygen atoms in total. The van der Waals surface area contributed by atoms with E-state index in [1.165, 1.54) is 0 Å². The maximum atomic E-state index is 12.3. The standard InChI is InChI=1S/C9H17F4NO/c1-7(2)5-15-4-3-14-6-9(12,13)8(10)11/h7-8,14H,3-6H2,1-2H3. The van der Waals surface area contributed by atoms with Crippen molar-refractivity contribution in [1.29, 1.82) is 0 Å². The zero-order chi connectivity index (χ0) is 11.9. The van der Waals surface area contributed by atoms with Gasteiger partial charge in [-0.25, -0.2) is 8.78 Å². The molecular weight excluding hydrogens is 214 g/mol. The van der Waals surface area contributed by atoms with Crippen molar-refractivity contribution in [3.05, 3.63) is 0 Å². The van der Waals surface area contributed by atoms with Gasteiger partial charge >= 0.3 is 12.3 Å². The van der Waals surface area contributed by atoms with Gasteiger partial charge in [-0.05, 0) is 5.92 Å². The highest BCUT2D eigenvalue weighted by Gasteiger charge is 2.39. The molecular formula is C9H17F4NO. The predicted molar refractivity (Wildman–Crippen MR) is 49.5 cm³/mol. The summed E-state index contributed by atoms with van der Waals surface area (Å²) in [6.07, 6.45) is -3.62. The molecule has 0 spiro atoms. The molecule has 1 N–H and O–H groups in total. The molecule has 0 bridgehead atoms. The highest BCUT2D eigenvalue weighted by Crippen LogP contribution is 2.21. The molecule has 0 fully saturated rings. The second kappa shape index (κ2) is 7.00. The molecule has 0 rings (SSSR count). The minimum absolute atomic E-state index is 0.148. The third kappa shape index (κ3) is 7.56. The van der Waals surface area contributed by atoms with Gasteiger partial charge in [-0.1, -0.05) is 13.8 Å². The predicted octanol–water partition coefficient (Wildman–Crippen LogP) is 2.15. The summed E-state index contributed by atoms with van der Waals surface area (Å²) in [5.74, 6) is -3.59. The number of alkyl halides is 4. The molecule has 6 heteroatoms. The van der Waals surface area contributed by atoms with Gasteiger partial charge in [-0.3, -0.25) is 0 Å². The van der Waals surface area contributed by atoms with Crippen LogP contribution >= 0.6 is 0 Å². The van der Waals surface area contributed by atoms with E-state index < -0.39 is 18.9 Å². The lowest BCUT2D eigenvalue weighted by Gasteiger charge is -2.15. The van der Waals surface area contributed by atoms with Crippen LogP contribution in [0.3, 0.4) is 0 Å². The Labute approximate surface area is 87.0 Å². The summed E-state index contributed by atoms with van der Waals surface area (Å²) < 4.78 is 53.1. The van der Waals surface area contributed by atoms with E-state index in [1.54, 1.807) is 0 Å². The molecule has 0 unspecified atom stereocenters.